The number of benzene rings is 1. The maximum atomic E-state index is 12.7. The molecule has 0 unspecified atom stereocenters. The SMILES string of the molecule is Cc1ncccc1CNc1cccc(C(=O)N2CCC(CO)CC2)c1. The van der Waals surface area contributed by atoms with Crippen LogP contribution < -0.4 is 5.32 Å². The smallest absolute Gasteiger partial charge is 0.253 e. The molecule has 2 N–H and O–H groups in total. The van der Waals surface area contributed by atoms with Crippen molar-refractivity contribution in [1.29, 1.82) is 0 Å². The molecular formula is C20H25N3O2. The number of likely N-dealkylation sites (tertiary alicyclic amines) is 1. The van der Waals surface area contributed by atoms with Crippen LogP contribution in [0.1, 0.15) is 34.5 Å². The molecule has 1 fully saturated rings. The van der Waals surface area contributed by atoms with Crippen LogP contribution in [0.25, 0.3) is 0 Å². The third-order valence-corrected chi connectivity index (χ3v) is 4.87. The minimum Gasteiger partial charge on any atom is -0.396 e. The fraction of sp³-hybridized carbons (Fsp3) is 0.400. The lowest BCUT2D eigenvalue weighted by atomic mass is 9.97. The quantitative estimate of drug-likeness (QED) is 0.879. The summed E-state index contributed by atoms with van der Waals surface area (Å²) in [6, 6.07) is 11.6. The molecule has 0 spiro atoms. The minimum absolute atomic E-state index is 0.0672. The molecule has 0 saturated carbocycles. The number of nitrogens with zero attached hydrogens (tertiary/aromatic N) is 2. The molecule has 1 aliphatic heterocycles. The third-order valence-electron chi connectivity index (χ3n) is 4.87. The Morgan fingerprint density at radius 3 is 2.80 bits per heavy atom. The number of aliphatic hydroxyl groups is 1. The predicted octanol–water partition coefficient (Wildman–Crippen LogP) is 2.85. The van der Waals surface area contributed by atoms with Crippen LogP contribution in [0.4, 0.5) is 5.69 Å². The lowest BCUT2D eigenvalue weighted by Gasteiger charge is -2.31. The molecule has 0 bridgehead atoms. The molecule has 1 aromatic carbocycles. The van der Waals surface area contributed by atoms with E-state index in [1.165, 1.54) is 0 Å². The largest absolute Gasteiger partial charge is 0.396 e. The number of rotatable bonds is 5. The molecule has 5 nitrogen and oxygen atoms in total. The van der Waals surface area contributed by atoms with Crippen molar-refractivity contribution < 1.29 is 9.90 Å². The zero-order valence-corrected chi connectivity index (χ0v) is 14.6. The van der Waals surface area contributed by atoms with Crippen molar-refractivity contribution in [2.75, 3.05) is 25.0 Å². The lowest BCUT2D eigenvalue weighted by Crippen LogP contribution is -2.39. The van der Waals surface area contributed by atoms with Gasteiger partial charge in [0, 0.05) is 49.4 Å². The van der Waals surface area contributed by atoms with E-state index in [9.17, 15) is 9.90 Å². The summed E-state index contributed by atoms with van der Waals surface area (Å²) in [6.07, 6.45) is 3.54. The Morgan fingerprint density at radius 1 is 1.28 bits per heavy atom. The van der Waals surface area contributed by atoms with Gasteiger partial charge in [-0.1, -0.05) is 12.1 Å². The van der Waals surface area contributed by atoms with E-state index < -0.39 is 0 Å². The van der Waals surface area contributed by atoms with Gasteiger partial charge in [-0.05, 0) is 55.5 Å². The number of aromatic nitrogens is 1. The molecule has 2 aromatic rings. The van der Waals surface area contributed by atoms with Crippen molar-refractivity contribution in [1.82, 2.24) is 9.88 Å². The van der Waals surface area contributed by atoms with Gasteiger partial charge in [0.1, 0.15) is 0 Å². The molecular weight excluding hydrogens is 314 g/mol. The van der Waals surface area contributed by atoms with Gasteiger partial charge < -0.3 is 15.3 Å². The van der Waals surface area contributed by atoms with E-state index in [1.54, 1.807) is 6.20 Å². The molecule has 1 amide bonds. The van der Waals surface area contributed by atoms with E-state index in [2.05, 4.69) is 16.4 Å². The monoisotopic (exact) mass is 339 g/mol. The Hall–Kier alpha value is -2.40. The second-order valence-corrected chi connectivity index (χ2v) is 6.60. The molecule has 25 heavy (non-hydrogen) atoms. The fourth-order valence-electron chi connectivity index (χ4n) is 3.17. The van der Waals surface area contributed by atoms with Crippen molar-refractivity contribution in [2.45, 2.75) is 26.3 Å². The summed E-state index contributed by atoms with van der Waals surface area (Å²) < 4.78 is 0. The third kappa shape index (κ3) is 4.37. The molecule has 0 atom stereocenters. The molecule has 132 valence electrons. The average Bonchev–Trinajstić information content (AvgIpc) is 2.67. The van der Waals surface area contributed by atoms with Gasteiger partial charge in [0.2, 0.25) is 0 Å². The first-order valence-corrected chi connectivity index (χ1v) is 8.82. The van der Waals surface area contributed by atoms with Crippen LogP contribution in [0.5, 0.6) is 0 Å². The summed E-state index contributed by atoms with van der Waals surface area (Å²) in [5.74, 6) is 0.400. The molecule has 1 saturated heterocycles. The van der Waals surface area contributed by atoms with Crippen molar-refractivity contribution in [3.8, 4) is 0 Å². The number of piperidine rings is 1. The zero-order chi connectivity index (χ0) is 17.6. The highest BCUT2D eigenvalue weighted by Crippen LogP contribution is 2.20. The van der Waals surface area contributed by atoms with Crippen molar-refractivity contribution in [3.05, 3.63) is 59.4 Å². The first-order chi connectivity index (χ1) is 12.2. The van der Waals surface area contributed by atoms with Crippen LogP contribution >= 0.6 is 0 Å². The number of carbonyl (C=O) groups is 1. The summed E-state index contributed by atoms with van der Waals surface area (Å²) in [5.41, 5.74) is 3.79. The predicted molar refractivity (Wildman–Crippen MR) is 98.5 cm³/mol. The summed E-state index contributed by atoms with van der Waals surface area (Å²) >= 11 is 0. The Kier molecular flexibility index (Phi) is 5.66. The standard InChI is InChI=1S/C20H25N3O2/c1-15-18(5-3-9-21-15)13-22-19-6-2-4-17(12-19)20(25)23-10-7-16(14-24)8-11-23/h2-6,9,12,16,22,24H,7-8,10-11,13-14H2,1H3. The Morgan fingerprint density at radius 2 is 2.08 bits per heavy atom. The highest BCUT2D eigenvalue weighted by atomic mass is 16.3. The van der Waals surface area contributed by atoms with Gasteiger partial charge in [0.25, 0.3) is 5.91 Å². The maximum absolute atomic E-state index is 12.7. The topological polar surface area (TPSA) is 65.5 Å². The zero-order valence-electron chi connectivity index (χ0n) is 14.6. The molecule has 5 heteroatoms. The van der Waals surface area contributed by atoms with Crippen molar-refractivity contribution >= 4 is 11.6 Å². The first kappa shape index (κ1) is 17.4. The number of anilines is 1. The summed E-state index contributed by atoms with van der Waals surface area (Å²) in [5, 5.41) is 12.6. The van der Waals surface area contributed by atoms with Gasteiger partial charge in [0.05, 0.1) is 0 Å². The van der Waals surface area contributed by atoms with Crippen LogP contribution in [0.2, 0.25) is 0 Å². The number of nitrogens with one attached hydrogen (secondary N) is 1. The number of pyridine rings is 1. The van der Waals surface area contributed by atoms with Gasteiger partial charge in [-0.25, -0.2) is 0 Å². The van der Waals surface area contributed by atoms with E-state index in [0.29, 0.717) is 18.0 Å². The Bertz CT molecular complexity index is 724. The second kappa shape index (κ2) is 8.12. The van der Waals surface area contributed by atoms with Crippen LogP contribution in [0.15, 0.2) is 42.6 Å². The second-order valence-electron chi connectivity index (χ2n) is 6.60. The number of hydrogen-bond donors (Lipinski definition) is 2. The van der Waals surface area contributed by atoms with Gasteiger partial charge in [-0.3, -0.25) is 9.78 Å². The van der Waals surface area contributed by atoms with E-state index in [0.717, 1.165) is 42.9 Å². The number of aliphatic hydroxyl groups excluding tert-OH is 1. The van der Waals surface area contributed by atoms with E-state index in [1.807, 2.05) is 42.2 Å². The molecule has 0 radical (unpaired) electrons. The number of carbonyl (C=O) groups excluding carboxylic acids is 1. The number of hydrogen-bond acceptors (Lipinski definition) is 4. The minimum atomic E-state index is 0.0672. The molecule has 3 rings (SSSR count). The van der Waals surface area contributed by atoms with Crippen LogP contribution in [-0.2, 0) is 6.54 Å². The molecule has 1 aliphatic rings. The van der Waals surface area contributed by atoms with Gasteiger partial charge in [-0.2, -0.15) is 0 Å². The van der Waals surface area contributed by atoms with E-state index >= 15 is 0 Å². The molecule has 1 aromatic heterocycles. The van der Waals surface area contributed by atoms with E-state index in [-0.39, 0.29) is 12.5 Å². The van der Waals surface area contributed by atoms with Crippen LogP contribution in [-0.4, -0.2) is 40.6 Å². The Balaban J connectivity index is 1.63. The summed E-state index contributed by atoms with van der Waals surface area (Å²) in [7, 11) is 0. The molecule has 0 aliphatic carbocycles. The first-order valence-electron chi connectivity index (χ1n) is 8.82. The highest BCUT2D eigenvalue weighted by Gasteiger charge is 2.23. The van der Waals surface area contributed by atoms with Gasteiger partial charge >= 0.3 is 0 Å². The average molecular weight is 339 g/mol. The highest BCUT2D eigenvalue weighted by molar-refractivity contribution is 5.95. The molecule has 2 heterocycles. The van der Waals surface area contributed by atoms with Gasteiger partial charge in [0.15, 0.2) is 0 Å². The van der Waals surface area contributed by atoms with E-state index in [4.69, 9.17) is 0 Å². The lowest BCUT2D eigenvalue weighted by molar-refractivity contribution is 0.0651. The Labute approximate surface area is 148 Å². The van der Waals surface area contributed by atoms with Gasteiger partial charge in [-0.15, -0.1) is 0 Å². The van der Waals surface area contributed by atoms with Crippen molar-refractivity contribution in [2.24, 2.45) is 5.92 Å². The normalized spacial score (nSPS) is 15.2. The van der Waals surface area contributed by atoms with Crippen molar-refractivity contribution in [3.63, 3.8) is 0 Å². The maximum Gasteiger partial charge on any atom is 0.253 e. The summed E-state index contributed by atoms with van der Waals surface area (Å²) in [4.78, 5) is 18.9. The fourth-order valence-corrected chi connectivity index (χ4v) is 3.17. The summed E-state index contributed by atoms with van der Waals surface area (Å²) in [6.45, 7) is 4.33. The number of amides is 1. The van der Waals surface area contributed by atoms with Crippen LogP contribution in [0, 0.1) is 12.8 Å². The number of aryl methyl sites for hydroxylation is 1. The van der Waals surface area contributed by atoms with Crippen LogP contribution in [0.3, 0.4) is 0 Å².